The lowest BCUT2D eigenvalue weighted by atomic mass is 10.2. The Balaban J connectivity index is 2.00. The van der Waals surface area contributed by atoms with E-state index in [1.165, 1.54) is 14.1 Å². The molecule has 0 amide bonds. The number of rotatable bonds is 4. The molecule has 3 rings (SSSR count). The second-order valence-electron chi connectivity index (χ2n) is 5.75. The molecule has 1 aromatic carbocycles. The van der Waals surface area contributed by atoms with Crippen LogP contribution < -0.4 is 21.7 Å². The second-order valence-corrected chi connectivity index (χ2v) is 7.46. The molecule has 0 unspecified atom stereocenters. The molecule has 8 nitrogen and oxygen atoms in total. The average Bonchev–Trinajstić information content (AvgIpc) is 2.64. The predicted molar refractivity (Wildman–Crippen MR) is 108 cm³/mol. The van der Waals surface area contributed by atoms with Gasteiger partial charge in [0.05, 0.1) is 4.47 Å². The Hall–Kier alpha value is -2.46. The smallest absolute Gasteiger partial charge is 0.332 e. The zero-order valence-electron chi connectivity index (χ0n) is 14.3. The fourth-order valence-corrected chi connectivity index (χ4v) is 4.00. The second kappa shape index (κ2) is 7.28. The highest BCUT2D eigenvalue weighted by atomic mass is 79.9. The van der Waals surface area contributed by atoms with Crippen LogP contribution in [0.1, 0.15) is 10.4 Å². The minimum atomic E-state index is -0.762. The molecule has 27 heavy (non-hydrogen) atoms. The third-order valence-electron chi connectivity index (χ3n) is 4.09. The first-order valence-corrected chi connectivity index (χ1v) is 9.26. The summed E-state index contributed by atoms with van der Waals surface area (Å²) in [6, 6.07) is 5.42. The number of nitrogen functional groups attached to an aromatic ring is 1. The van der Waals surface area contributed by atoms with Crippen LogP contribution in [0, 0.1) is 0 Å². The molecule has 0 aliphatic heterocycles. The van der Waals surface area contributed by atoms with E-state index < -0.39 is 23.6 Å². The number of nitrogens with two attached hydrogens (primary N) is 1. The van der Waals surface area contributed by atoms with Crippen LogP contribution in [0.5, 0.6) is 5.75 Å². The van der Waals surface area contributed by atoms with Crippen molar-refractivity contribution in [3.05, 3.63) is 59.7 Å². The fourth-order valence-electron chi connectivity index (χ4n) is 2.62. The van der Waals surface area contributed by atoms with E-state index in [9.17, 15) is 14.4 Å². The molecule has 2 N–H and O–H groups in total. The van der Waals surface area contributed by atoms with E-state index in [0.717, 1.165) is 19.0 Å². The van der Waals surface area contributed by atoms with E-state index in [-0.39, 0.29) is 11.4 Å². The number of pyridine rings is 1. The fraction of sp³-hybridized carbons (Fsp3) is 0.176. The van der Waals surface area contributed by atoms with Gasteiger partial charge in [-0.25, -0.2) is 4.79 Å². The van der Waals surface area contributed by atoms with Gasteiger partial charge in [0, 0.05) is 30.2 Å². The van der Waals surface area contributed by atoms with Gasteiger partial charge < -0.3 is 10.5 Å². The van der Waals surface area contributed by atoms with Crippen molar-refractivity contribution in [3.63, 3.8) is 0 Å². The Morgan fingerprint density at radius 3 is 2.63 bits per heavy atom. The standard InChI is InChI=1S/C17H14Br2N4O4/c1-22-15(20)12(16(25)23(2)17(22)26)11(24)7-27-14-10(19)6-9(18)8-4-3-5-21-13(8)14/h3-6H,7,20H2,1-2H3. The third kappa shape index (κ3) is 3.30. The predicted octanol–water partition coefficient (Wildman–Crippen LogP) is 2.00. The number of halogens is 2. The minimum absolute atomic E-state index is 0.199. The molecule has 140 valence electrons. The van der Waals surface area contributed by atoms with Crippen molar-refractivity contribution in [2.45, 2.75) is 0 Å². The van der Waals surface area contributed by atoms with E-state index in [4.69, 9.17) is 10.5 Å². The molecule has 3 aromatic rings. The number of carbonyl (C=O) groups excluding carboxylic acids is 1. The molecule has 0 saturated carbocycles. The average molecular weight is 498 g/mol. The van der Waals surface area contributed by atoms with Crippen molar-refractivity contribution in [2.75, 3.05) is 12.3 Å². The van der Waals surface area contributed by atoms with E-state index in [2.05, 4.69) is 36.8 Å². The van der Waals surface area contributed by atoms with Gasteiger partial charge in [0.25, 0.3) is 5.56 Å². The van der Waals surface area contributed by atoms with Crippen LogP contribution in [0.2, 0.25) is 0 Å². The highest BCUT2D eigenvalue weighted by Gasteiger charge is 2.22. The highest BCUT2D eigenvalue weighted by molar-refractivity contribution is 9.11. The highest BCUT2D eigenvalue weighted by Crippen LogP contribution is 2.37. The summed E-state index contributed by atoms with van der Waals surface area (Å²) in [4.78, 5) is 41.1. The summed E-state index contributed by atoms with van der Waals surface area (Å²) in [5.74, 6) is -0.473. The molecule has 0 atom stereocenters. The molecule has 0 spiro atoms. The van der Waals surface area contributed by atoms with E-state index in [0.29, 0.717) is 15.7 Å². The van der Waals surface area contributed by atoms with Gasteiger partial charge in [-0.3, -0.25) is 23.7 Å². The monoisotopic (exact) mass is 496 g/mol. The normalized spacial score (nSPS) is 11.0. The summed E-state index contributed by atoms with van der Waals surface area (Å²) >= 11 is 6.85. The summed E-state index contributed by atoms with van der Waals surface area (Å²) in [6.45, 7) is -0.441. The first-order chi connectivity index (χ1) is 12.7. The number of Topliss-reactive ketones (excluding diaryl/α,β-unsaturated/α-hetero) is 1. The Bertz CT molecular complexity index is 1200. The summed E-state index contributed by atoms with van der Waals surface area (Å²) in [7, 11) is 2.67. The summed E-state index contributed by atoms with van der Waals surface area (Å²) < 4.78 is 8.95. The lowest BCUT2D eigenvalue weighted by molar-refractivity contribution is 0.0920. The first kappa shape index (κ1) is 19.3. The van der Waals surface area contributed by atoms with Crippen molar-refractivity contribution < 1.29 is 9.53 Å². The lowest BCUT2D eigenvalue weighted by Gasteiger charge is -2.13. The maximum Gasteiger partial charge on any atom is 0.332 e. The van der Waals surface area contributed by atoms with Crippen LogP contribution in [0.4, 0.5) is 5.82 Å². The number of ketones is 1. The van der Waals surface area contributed by atoms with Gasteiger partial charge in [-0.1, -0.05) is 22.0 Å². The van der Waals surface area contributed by atoms with Crippen molar-refractivity contribution in [2.24, 2.45) is 14.1 Å². The molecule has 10 heteroatoms. The third-order valence-corrected chi connectivity index (χ3v) is 5.33. The van der Waals surface area contributed by atoms with Gasteiger partial charge >= 0.3 is 5.69 Å². The SMILES string of the molecule is Cn1c(N)c(C(=O)COc2c(Br)cc(Br)c3cccnc23)c(=O)n(C)c1=O. The van der Waals surface area contributed by atoms with Gasteiger partial charge in [0.15, 0.2) is 12.4 Å². The number of hydrogen-bond donors (Lipinski definition) is 1. The molecule has 0 aliphatic carbocycles. The van der Waals surface area contributed by atoms with Crippen LogP contribution in [0.25, 0.3) is 10.9 Å². The van der Waals surface area contributed by atoms with Gasteiger partial charge in [-0.2, -0.15) is 0 Å². The van der Waals surface area contributed by atoms with E-state index in [1.54, 1.807) is 18.3 Å². The molecule has 0 saturated heterocycles. The van der Waals surface area contributed by atoms with Gasteiger partial charge in [0.1, 0.15) is 16.9 Å². The van der Waals surface area contributed by atoms with E-state index in [1.807, 2.05) is 6.07 Å². The topological polar surface area (TPSA) is 109 Å². The van der Waals surface area contributed by atoms with Crippen LogP contribution in [0.3, 0.4) is 0 Å². The molecule has 2 heterocycles. The molecule has 0 aliphatic rings. The zero-order valence-corrected chi connectivity index (χ0v) is 17.5. The number of ether oxygens (including phenoxy) is 1. The largest absolute Gasteiger partial charge is 0.482 e. The summed E-state index contributed by atoms with van der Waals surface area (Å²) in [5, 5.41) is 0.806. The molecular weight excluding hydrogens is 484 g/mol. The number of nitrogens with zero attached hydrogens (tertiary/aromatic N) is 3. The Morgan fingerprint density at radius 2 is 1.93 bits per heavy atom. The summed E-state index contributed by atoms with van der Waals surface area (Å²) in [5.41, 5.74) is 4.70. The van der Waals surface area contributed by atoms with Crippen LogP contribution >= 0.6 is 31.9 Å². The van der Waals surface area contributed by atoms with Crippen molar-refractivity contribution in [3.8, 4) is 5.75 Å². The number of anilines is 1. The van der Waals surface area contributed by atoms with Gasteiger partial charge in [-0.05, 0) is 28.1 Å². The molecule has 0 radical (unpaired) electrons. The maximum atomic E-state index is 12.6. The number of benzene rings is 1. The number of carbonyl (C=O) groups is 1. The lowest BCUT2D eigenvalue weighted by Crippen LogP contribution is -2.42. The number of hydrogen-bond acceptors (Lipinski definition) is 6. The van der Waals surface area contributed by atoms with E-state index >= 15 is 0 Å². The van der Waals surface area contributed by atoms with Crippen LogP contribution in [-0.2, 0) is 14.1 Å². The zero-order chi connectivity index (χ0) is 19.9. The van der Waals surface area contributed by atoms with Crippen molar-refractivity contribution in [1.82, 2.24) is 14.1 Å². The van der Waals surface area contributed by atoms with Crippen molar-refractivity contribution >= 4 is 54.4 Å². The van der Waals surface area contributed by atoms with Crippen LogP contribution in [-0.4, -0.2) is 26.5 Å². The van der Waals surface area contributed by atoms with Gasteiger partial charge in [-0.15, -0.1) is 0 Å². The Kier molecular flexibility index (Phi) is 5.20. The summed E-state index contributed by atoms with van der Waals surface area (Å²) in [6.07, 6.45) is 1.61. The Labute approximate surface area is 169 Å². The minimum Gasteiger partial charge on any atom is -0.482 e. The first-order valence-electron chi connectivity index (χ1n) is 7.68. The molecule has 0 fully saturated rings. The molecule has 2 aromatic heterocycles. The maximum absolute atomic E-state index is 12.6. The van der Waals surface area contributed by atoms with Gasteiger partial charge in [0.2, 0.25) is 5.78 Å². The number of aromatic nitrogens is 3. The Morgan fingerprint density at radius 1 is 1.22 bits per heavy atom. The molecule has 0 bridgehead atoms. The van der Waals surface area contributed by atoms with Crippen LogP contribution in [0.15, 0.2) is 42.9 Å². The quantitative estimate of drug-likeness (QED) is 0.552. The van der Waals surface area contributed by atoms with Crippen molar-refractivity contribution in [1.29, 1.82) is 0 Å². The number of fused-ring (bicyclic) bond motifs is 1. The molecular formula is C17H14Br2N4O4.